The summed E-state index contributed by atoms with van der Waals surface area (Å²) in [5.74, 6) is -1.61. The van der Waals surface area contributed by atoms with Crippen molar-refractivity contribution in [2.75, 3.05) is 131 Å². The molecule has 10 fully saturated rings. The summed E-state index contributed by atoms with van der Waals surface area (Å²) < 4.78 is 218. The van der Waals surface area contributed by atoms with Crippen molar-refractivity contribution in [3.8, 4) is 28.7 Å². The van der Waals surface area contributed by atoms with E-state index in [9.17, 15) is 83.2 Å². The number of nitrogens with zero attached hydrogens (tertiary/aromatic N) is 13. The van der Waals surface area contributed by atoms with Gasteiger partial charge in [0, 0.05) is 142 Å². The van der Waals surface area contributed by atoms with Gasteiger partial charge in [-0.05, 0) is 173 Å². The number of alkyl halides is 5. The van der Waals surface area contributed by atoms with Gasteiger partial charge in [-0.3, -0.25) is 8.80 Å². The van der Waals surface area contributed by atoms with Gasteiger partial charge in [-0.15, -0.1) is 12.4 Å². The number of aromatic nitrogens is 7. The van der Waals surface area contributed by atoms with Crippen molar-refractivity contribution < 1.29 is 125 Å². The highest BCUT2D eigenvalue weighted by molar-refractivity contribution is 5.89. The molecule has 786 valence electrons. The second kappa shape index (κ2) is 49.2. The molecule has 22 rings (SSSR count). The Bertz CT molecular complexity index is 6540. The number of nitrogens with one attached hydrogen (secondary N) is 1. The van der Waals surface area contributed by atoms with Gasteiger partial charge in [-0.25, -0.2) is 72.8 Å². The number of rotatable bonds is 24. The van der Waals surface area contributed by atoms with E-state index in [-0.39, 0.29) is 148 Å². The second-order valence-corrected chi connectivity index (χ2v) is 36.4. The zero-order chi connectivity index (χ0) is 103. The van der Waals surface area contributed by atoms with Crippen molar-refractivity contribution in [1.29, 1.82) is 0 Å². The third kappa shape index (κ3) is 26.5. The number of esters is 1. The molecule has 45 heteroatoms. The van der Waals surface area contributed by atoms with E-state index in [1.807, 2.05) is 20.8 Å². The van der Waals surface area contributed by atoms with Crippen LogP contribution in [0.5, 0.6) is 28.7 Å². The van der Waals surface area contributed by atoms with E-state index in [1.54, 1.807) is 95.5 Å². The van der Waals surface area contributed by atoms with Gasteiger partial charge < -0.3 is 108 Å². The van der Waals surface area contributed by atoms with Crippen molar-refractivity contribution in [2.24, 2.45) is 0 Å². The van der Waals surface area contributed by atoms with Crippen LogP contribution in [0, 0.1) is 55.1 Å². The summed E-state index contributed by atoms with van der Waals surface area (Å²) in [6.45, 7) is 8.51. The molecule has 12 aromatic rings. The van der Waals surface area contributed by atoms with Crippen LogP contribution in [0.1, 0.15) is 150 Å². The number of nitro groups is 2. The highest BCUT2D eigenvalue weighted by atomic mass is 35.5. The van der Waals surface area contributed by atoms with Crippen LogP contribution in [0.2, 0.25) is 0 Å². The number of halogens is 12. The minimum absolute atomic E-state index is 0. The number of hydrogen-bond acceptors (Lipinski definition) is 28. The number of fused-ring (bicyclic) bond motifs is 2. The van der Waals surface area contributed by atoms with Crippen molar-refractivity contribution in [2.45, 2.75) is 163 Å². The first-order chi connectivity index (χ1) is 71.0. The minimum Gasteiger partial charge on any atom is -0.488 e. The van der Waals surface area contributed by atoms with Crippen LogP contribution in [-0.2, 0) is 28.4 Å². The molecule has 17 heterocycles. The average Bonchev–Trinajstić information content (AvgIpc) is 1.62. The van der Waals surface area contributed by atoms with E-state index in [0.717, 1.165) is 56.1 Å². The molecule has 10 aliphatic heterocycles. The topological polar surface area (TPSA) is 366 Å². The van der Waals surface area contributed by atoms with E-state index in [1.165, 1.54) is 95.8 Å². The normalized spacial score (nSPS) is 23.7. The first kappa shape index (κ1) is 107. The summed E-state index contributed by atoms with van der Waals surface area (Å²) in [6.07, 6.45) is 9.27. The van der Waals surface area contributed by atoms with E-state index in [4.69, 9.17) is 57.8 Å². The maximum Gasteiger partial charge on any atom is 0.363 e. The summed E-state index contributed by atoms with van der Waals surface area (Å²) in [4.78, 5) is 70.1. The Kier molecular flexibility index (Phi) is 35.5. The van der Waals surface area contributed by atoms with Gasteiger partial charge in [0.05, 0.1) is 145 Å². The van der Waals surface area contributed by atoms with Gasteiger partial charge in [0.2, 0.25) is 0 Å². The lowest BCUT2D eigenvalue weighted by atomic mass is 10.0. The Hall–Kier alpha value is -14.1. The zero-order valence-electron chi connectivity index (χ0n) is 79.9. The van der Waals surface area contributed by atoms with Gasteiger partial charge in [0.25, 0.3) is 0 Å². The predicted octanol–water partition coefficient (Wildman–Crippen LogP) is 18.5. The maximum absolute atomic E-state index is 14.7. The van der Waals surface area contributed by atoms with E-state index in [0.29, 0.717) is 170 Å². The largest absolute Gasteiger partial charge is 0.488 e. The molecule has 0 bridgehead atoms. The molecule has 0 amide bonds. The molecule has 0 spiro atoms. The molecule has 15 atom stereocenters. The van der Waals surface area contributed by atoms with E-state index >= 15 is 0 Å². The fourth-order valence-corrected chi connectivity index (χ4v) is 19.3. The number of aromatic carboxylic acids is 1. The van der Waals surface area contributed by atoms with Gasteiger partial charge in [-0.1, -0.05) is 0 Å². The molecule has 0 radical (unpaired) electrons. The van der Waals surface area contributed by atoms with E-state index < -0.39 is 94.0 Å². The summed E-state index contributed by atoms with van der Waals surface area (Å²) in [6, 6.07) is 35.2. The Balaban J connectivity index is 0.000000130. The molecule has 0 unspecified atom stereocenters. The van der Waals surface area contributed by atoms with Crippen LogP contribution in [-0.4, -0.2) is 227 Å². The lowest BCUT2D eigenvalue weighted by Gasteiger charge is -2.29. The smallest absolute Gasteiger partial charge is 0.363 e. The molecule has 10 saturated heterocycles. The highest BCUT2D eigenvalue weighted by Gasteiger charge is 2.43. The van der Waals surface area contributed by atoms with Gasteiger partial charge >= 0.3 is 23.6 Å². The maximum atomic E-state index is 14.7. The Morgan fingerprint density at radius 1 is 0.405 bits per heavy atom. The lowest BCUT2D eigenvalue weighted by molar-refractivity contribution is -0.389. The van der Waals surface area contributed by atoms with E-state index in [2.05, 4.69) is 30.2 Å². The molecule has 7 aromatic heterocycles. The lowest BCUT2D eigenvalue weighted by Crippen LogP contribution is -2.25. The number of carboxylic acid groups (broad SMARTS) is 1. The molecule has 33 nitrogen and oxygen atoms in total. The summed E-state index contributed by atoms with van der Waals surface area (Å²) in [5.41, 5.74) is 12.7. The molecule has 0 saturated carbocycles. The minimum atomic E-state index is -1.12. The molecule has 0 aliphatic carbocycles. The average molecular weight is 2090 g/mol. The zero-order valence-corrected chi connectivity index (χ0v) is 80.7. The number of ether oxygens (including phenoxy) is 11. The fourth-order valence-electron chi connectivity index (χ4n) is 19.3. The van der Waals surface area contributed by atoms with Crippen molar-refractivity contribution in [3.63, 3.8) is 0 Å². The summed E-state index contributed by atoms with van der Waals surface area (Å²) >= 11 is 0. The molecule has 4 N–H and O–H groups in total. The Morgan fingerprint density at radius 2 is 0.730 bits per heavy atom. The number of carbonyl (C=O) groups excluding carboxylic acids is 1. The first-order valence-corrected chi connectivity index (χ1v) is 48.2. The summed E-state index contributed by atoms with van der Waals surface area (Å²) in [7, 11) is 0. The van der Waals surface area contributed by atoms with Crippen molar-refractivity contribution in [3.05, 3.63) is 289 Å². The van der Waals surface area contributed by atoms with Gasteiger partial charge in [0.1, 0.15) is 136 Å². The number of nitrogen functional groups attached to an aromatic ring is 1. The number of hydrogen-bond donors (Lipinski definition) is 3. The van der Waals surface area contributed by atoms with Crippen molar-refractivity contribution >= 4 is 75.8 Å². The molecular weight excluding hydrogens is 1980 g/mol. The van der Waals surface area contributed by atoms with Crippen LogP contribution in [0.25, 0.3) is 11.3 Å². The summed E-state index contributed by atoms with van der Waals surface area (Å²) in [5, 5.41) is 33.2. The third-order valence-electron chi connectivity index (χ3n) is 26.3. The molecule has 5 aromatic carbocycles. The number of pyridine rings is 5. The number of carbonyl (C=O) groups is 2. The molecule has 148 heavy (non-hydrogen) atoms. The molecular formula is C103H107ClF11N15O18. The highest BCUT2D eigenvalue weighted by Crippen LogP contribution is 2.48. The van der Waals surface area contributed by atoms with Crippen LogP contribution in [0.3, 0.4) is 0 Å². The second-order valence-electron chi connectivity index (χ2n) is 36.4. The molecule has 10 aliphatic rings. The van der Waals surface area contributed by atoms with Gasteiger partial charge in [0.15, 0.2) is 29.6 Å². The van der Waals surface area contributed by atoms with Gasteiger partial charge in [-0.2, -0.15) is 0 Å². The van der Waals surface area contributed by atoms with Crippen LogP contribution in [0.4, 0.5) is 88.5 Å². The number of anilines is 5. The quantitative estimate of drug-likeness (QED) is 0.0219. The van der Waals surface area contributed by atoms with Crippen molar-refractivity contribution in [1.82, 2.24) is 39.0 Å². The number of benzene rings is 5. The SMILES string of the molecule is CCOC(=O)c1cnc2ccc(N3C[C@@H](F)C[C@@H]3c3cc(F)ccc3O[C@@H]3CCOC3)cn12.Cl.Fc1ccc(O[C@H]2CCOC2)c([C@@H]2C[C@@H](F)CN2)c1.Nc1ccc(N2C[C@@H](F)C[C@@H]2c2cc(F)ccc2O[C@@H]2CCOC2)cn1.O=C(O)c1cnc2ccc(N3C[C@@H](F)C[C@@H]3c3cc(F)ccc3O[C@@H]3CCOC3)cn12.O=[N+]([O-])c1ccc(F)cn1.O=[N+]([O-])c1ccc(N2C[C@@H](F)C[C@@H]2c2cc(F)ccc2O[C@@H]2CCOC2)cn1. The Labute approximate surface area is 847 Å². The predicted molar refractivity (Wildman–Crippen MR) is 521 cm³/mol. The third-order valence-corrected chi connectivity index (χ3v) is 26.3. The standard InChI is InChI=1S/C24H25F2N3O4.C22H21F2N3O4.C19H19F2N3O4.C19H21F2N3O2.C14H17F2NO2.C5H3FN2O2.ClH/c1-2-32-24(30)21-11-27-23-6-4-17(13-29(21)23)28-12-16(26)10-20(28)19-9-15(25)3-5-22(19)33-18-7-8-31-14-18;23-13-1-3-20(31-16-5-6-30-12-16)17(7-13)18-8-14(24)10-26(18)15-2-4-21-25-9-19(22(28)29)27(21)11-15;20-12-1-3-18(28-15-5-6-27-11-15)16(7-12)17-8-13(21)10-23(17)14-2-4-19(22-9-14)24(25)26;20-12-1-3-18(26-15-5-6-25-11-15)16(7-12)17-8-13(21)10-24(17)14-2-4-19(22)23-9-14;15-9-1-2-14(19-11-3-4-18-8-11)12(5-9)13-6-10(16)7-17-13;6-4-1-2-5(7-3-4)8(9)10;/h3-6,9,11,13,16,18,20H,2,7-8,10,12,14H2,1H3;1-4,7,9,11,14,16,18H,5-6,8,10,12H2,(H,28,29);1-4,7,9,13,15,17H,5-6,8,10-11H2;1-4,7,9,13,15,17H,5-6,8,10-11H2,(H2,22,23);1-2,5,10-11,13,17H,3-4,6-8H2;1-3H;1H/t16-,18+,20+;14-,16+,18+;2*13-,15+,17+;10-,11+,13+;;/m00001../s1. The number of nitrogens with two attached hydrogens (primary N) is 1. The van der Waals surface area contributed by atoms with Crippen LogP contribution >= 0.6 is 12.4 Å². The number of imidazole rings is 2. The van der Waals surface area contributed by atoms with Crippen LogP contribution in [0.15, 0.2) is 195 Å². The van der Waals surface area contributed by atoms with Crippen LogP contribution < -0.4 is 54.3 Å². The Morgan fingerprint density at radius 3 is 1.04 bits per heavy atom. The fraction of sp³-hybridized carbons (Fsp3) is 0.408. The first-order valence-electron chi connectivity index (χ1n) is 48.2. The number of carboxylic acids is 1. The monoisotopic (exact) mass is 2090 g/mol.